The average molecular weight is 238 g/mol. The van der Waals surface area contributed by atoms with Crippen LogP contribution in [0.25, 0.3) is 0 Å². The third-order valence-electron chi connectivity index (χ3n) is 4.47. The maximum atomic E-state index is 3.69. The molecule has 0 aromatic carbocycles. The Morgan fingerprint density at radius 3 is 2.82 bits per heavy atom. The van der Waals surface area contributed by atoms with E-state index in [0.717, 1.165) is 17.9 Å². The zero-order valence-electron chi connectivity index (χ0n) is 11.8. The molecule has 0 aliphatic carbocycles. The standard InChI is InChI=1S/C15H30N2/c1-13(2)6-4-10-17-11-5-7-14(12-17)15-8-3-9-16-15/h13-16H,3-12H2,1-2H3. The molecule has 2 nitrogen and oxygen atoms in total. The Kier molecular flexibility index (Phi) is 5.30. The Hall–Kier alpha value is -0.0800. The number of rotatable bonds is 5. The second kappa shape index (κ2) is 6.75. The molecule has 0 amide bonds. The van der Waals surface area contributed by atoms with Crippen LogP contribution >= 0.6 is 0 Å². The summed E-state index contributed by atoms with van der Waals surface area (Å²) in [7, 11) is 0. The molecule has 2 aliphatic heterocycles. The van der Waals surface area contributed by atoms with Crippen LogP contribution in [0.1, 0.15) is 52.4 Å². The van der Waals surface area contributed by atoms with Crippen molar-refractivity contribution in [2.75, 3.05) is 26.2 Å². The minimum Gasteiger partial charge on any atom is -0.314 e. The summed E-state index contributed by atoms with van der Waals surface area (Å²) >= 11 is 0. The lowest BCUT2D eigenvalue weighted by atomic mass is 9.89. The number of hydrogen-bond acceptors (Lipinski definition) is 2. The fourth-order valence-electron chi connectivity index (χ4n) is 3.46. The van der Waals surface area contributed by atoms with E-state index < -0.39 is 0 Å². The van der Waals surface area contributed by atoms with Crippen LogP contribution in [-0.2, 0) is 0 Å². The first-order valence-corrected chi connectivity index (χ1v) is 7.71. The Morgan fingerprint density at radius 1 is 1.24 bits per heavy atom. The number of likely N-dealkylation sites (tertiary alicyclic amines) is 1. The van der Waals surface area contributed by atoms with E-state index >= 15 is 0 Å². The van der Waals surface area contributed by atoms with Crippen molar-refractivity contribution in [1.82, 2.24) is 10.2 Å². The van der Waals surface area contributed by atoms with E-state index in [-0.39, 0.29) is 0 Å². The van der Waals surface area contributed by atoms with Gasteiger partial charge in [0.1, 0.15) is 0 Å². The van der Waals surface area contributed by atoms with Gasteiger partial charge in [0.25, 0.3) is 0 Å². The van der Waals surface area contributed by atoms with Gasteiger partial charge in [0.05, 0.1) is 0 Å². The second-order valence-corrected chi connectivity index (χ2v) is 6.44. The molecule has 0 bridgehead atoms. The summed E-state index contributed by atoms with van der Waals surface area (Å²) in [5.41, 5.74) is 0. The zero-order chi connectivity index (χ0) is 12.1. The molecule has 2 atom stereocenters. The number of nitrogens with one attached hydrogen (secondary N) is 1. The van der Waals surface area contributed by atoms with Gasteiger partial charge in [-0.25, -0.2) is 0 Å². The SMILES string of the molecule is CC(C)CCCN1CCCC(C2CCCN2)C1. The highest BCUT2D eigenvalue weighted by molar-refractivity contribution is 4.86. The van der Waals surface area contributed by atoms with Gasteiger partial charge in [0, 0.05) is 12.6 Å². The van der Waals surface area contributed by atoms with E-state index in [0.29, 0.717) is 0 Å². The van der Waals surface area contributed by atoms with E-state index in [4.69, 9.17) is 0 Å². The summed E-state index contributed by atoms with van der Waals surface area (Å²) in [5.74, 6) is 1.80. The molecule has 0 aromatic rings. The summed E-state index contributed by atoms with van der Waals surface area (Å²) in [5, 5.41) is 3.69. The van der Waals surface area contributed by atoms with Crippen molar-refractivity contribution >= 4 is 0 Å². The molecule has 2 aliphatic rings. The third-order valence-corrected chi connectivity index (χ3v) is 4.47. The highest BCUT2D eigenvalue weighted by Crippen LogP contribution is 2.24. The average Bonchev–Trinajstić information content (AvgIpc) is 2.82. The van der Waals surface area contributed by atoms with E-state index in [1.165, 1.54) is 64.7 Å². The summed E-state index contributed by atoms with van der Waals surface area (Å²) in [4.78, 5) is 2.72. The van der Waals surface area contributed by atoms with Gasteiger partial charge in [-0.05, 0) is 70.0 Å². The van der Waals surface area contributed by atoms with Crippen LogP contribution in [0, 0.1) is 11.8 Å². The Bertz CT molecular complexity index is 209. The molecule has 0 radical (unpaired) electrons. The van der Waals surface area contributed by atoms with Crippen LogP contribution in [0.3, 0.4) is 0 Å². The van der Waals surface area contributed by atoms with Gasteiger partial charge in [-0.15, -0.1) is 0 Å². The van der Waals surface area contributed by atoms with Crippen LogP contribution in [0.4, 0.5) is 0 Å². The van der Waals surface area contributed by atoms with Gasteiger partial charge in [0.15, 0.2) is 0 Å². The molecule has 2 unspecified atom stereocenters. The highest BCUT2D eigenvalue weighted by atomic mass is 15.1. The molecular formula is C15H30N2. The van der Waals surface area contributed by atoms with Crippen LogP contribution in [0.15, 0.2) is 0 Å². The first kappa shape index (κ1) is 13.4. The lowest BCUT2D eigenvalue weighted by molar-refractivity contribution is 0.148. The Labute approximate surface area is 107 Å². The van der Waals surface area contributed by atoms with Gasteiger partial charge in [-0.3, -0.25) is 0 Å². The van der Waals surface area contributed by atoms with Crippen LogP contribution in [0.2, 0.25) is 0 Å². The lowest BCUT2D eigenvalue weighted by Gasteiger charge is -2.36. The van der Waals surface area contributed by atoms with Crippen molar-refractivity contribution in [3.05, 3.63) is 0 Å². The topological polar surface area (TPSA) is 15.3 Å². The maximum absolute atomic E-state index is 3.69. The predicted octanol–water partition coefficient (Wildman–Crippen LogP) is 2.89. The molecule has 0 saturated carbocycles. The maximum Gasteiger partial charge on any atom is 0.0108 e. The van der Waals surface area contributed by atoms with Gasteiger partial charge < -0.3 is 10.2 Å². The number of piperidine rings is 1. The van der Waals surface area contributed by atoms with Gasteiger partial charge in [-0.2, -0.15) is 0 Å². The number of nitrogens with zero attached hydrogens (tertiary/aromatic N) is 1. The van der Waals surface area contributed by atoms with Crippen LogP contribution in [0.5, 0.6) is 0 Å². The lowest BCUT2D eigenvalue weighted by Crippen LogP contribution is -2.43. The Morgan fingerprint density at radius 2 is 2.12 bits per heavy atom. The molecule has 2 heteroatoms. The predicted molar refractivity (Wildman–Crippen MR) is 74.3 cm³/mol. The van der Waals surface area contributed by atoms with E-state index in [1.807, 2.05) is 0 Å². The van der Waals surface area contributed by atoms with Crippen molar-refractivity contribution in [3.63, 3.8) is 0 Å². The summed E-state index contributed by atoms with van der Waals surface area (Å²) < 4.78 is 0. The summed E-state index contributed by atoms with van der Waals surface area (Å²) in [6.07, 6.45) is 8.48. The molecule has 2 heterocycles. The van der Waals surface area contributed by atoms with Crippen molar-refractivity contribution in [2.45, 2.75) is 58.4 Å². The van der Waals surface area contributed by atoms with Crippen LogP contribution in [-0.4, -0.2) is 37.1 Å². The molecule has 1 N–H and O–H groups in total. The van der Waals surface area contributed by atoms with Crippen molar-refractivity contribution < 1.29 is 0 Å². The van der Waals surface area contributed by atoms with Gasteiger partial charge in [0.2, 0.25) is 0 Å². The fourth-order valence-corrected chi connectivity index (χ4v) is 3.46. The van der Waals surface area contributed by atoms with E-state index in [1.54, 1.807) is 0 Å². The third kappa shape index (κ3) is 4.26. The van der Waals surface area contributed by atoms with E-state index in [2.05, 4.69) is 24.1 Å². The first-order chi connectivity index (χ1) is 8.25. The smallest absolute Gasteiger partial charge is 0.0108 e. The van der Waals surface area contributed by atoms with Gasteiger partial charge in [-0.1, -0.05) is 13.8 Å². The van der Waals surface area contributed by atoms with Crippen molar-refractivity contribution in [3.8, 4) is 0 Å². The molecular weight excluding hydrogens is 208 g/mol. The molecule has 2 saturated heterocycles. The number of hydrogen-bond donors (Lipinski definition) is 1. The largest absolute Gasteiger partial charge is 0.314 e. The monoisotopic (exact) mass is 238 g/mol. The fraction of sp³-hybridized carbons (Fsp3) is 1.00. The molecule has 100 valence electrons. The summed E-state index contributed by atoms with van der Waals surface area (Å²) in [6.45, 7) is 9.97. The second-order valence-electron chi connectivity index (χ2n) is 6.44. The molecule has 17 heavy (non-hydrogen) atoms. The zero-order valence-corrected chi connectivity index (χ0v) is 11.8. The molecule has 2 fully saturated rings. The molecule has 0 aromatic heterocycles. The normalized spacial score (nSPS) is 31.2. The van der Waals surface area contributed by atoms with Crippen molar-refractivity contribution in [2.24, 2.45) is 11.8 Å². The summed E-state index contributed by atoms with van der Waals surface area (Å²) in [6, 6.07) is 0.836. The minimum atomic E-state index is 0.836. The highest BCUT2D eigenvalue weighted by Gasteiger charge is 2.28. The molecule has 0 spiro atoms. The molecule has 2 rings (SSSR count). The van der Waals surface area contributed by atoms with E-state index in [9.17, 15) is 0 Å². The quantitative estimate of drug-likeness (QED) is 0.792. The van der Waals surface area contributed by atoms with Gasteiger partial charge >= 0.3 is 0 Å². The minimum absolute atomic E-state index is 0.836. The Balaban J connectivity index is 1.69. The van der Waals surface area contributed by atoms with Crippen molar-refractivity contribution in [1.29, 1.82) is 0 Å². The van der Waals surface area contributed by atoms with Crippen LogP contribution < -0.4 is 5.32 Å². The first-order valence-electron chi connectivity index (χ1n) is 7.71.